The van der Waals surface area contributed by atoms with Gasteiger partial charge in [0.25, 0.3) is 0 Å². The first-order valence-electron chi connectivity index (χ1n) is 13.8. The second kappa shape index (κ2) is 12.1. The summed E-state index contributed by atoms with van der Waals surface area (Å²) in [5.41, 5.74) is 4.42. The quantitative estimate of drug-likeness (QED) is 0.319. The fourth-order valence-electron chi connectivity index (χ4n) is 5.29. The summed E-state index contributed by atoms with van der Waals surface area (Å²) in [5.74, 6) is -0.725. The molecule has 1 aliphatic rings. The van der Waals surface area contributed by atoms with Crippen molar-refractivity contribution in [2.45, 2.75) is 64.6 Å². The zero-order valence-corrected chi connectivity index (χ0v) is 22.8. The van der Waals surface area contributed by atoms with Crippen molar-refractivity contribution < 1.29 is 14.4 Å². The fraction of sp³-hybridized carbons (Fsp3) is 0.323. The number of fused-ring (bicyclic) bond motifs is 1. The molecule has 1 fully saturated rings. The Hall–Kier alpha value is -4.53. The zero-order valence-electron chi connectivity index (χ0n) is 22.8. The third kappa shape index (κ3) is 6.03. The maximum Gasteiger partial charge on any atom is 0.249 e. The minimum atomic E-state index is -0.902. The average Bonchev–Trinajstić information content (AvgIpc) is 3.62. The van der Waals surface area contributed by atoms with Crippen molar-refractivity contribution in [2.75, 3.05) is 10.2 Å². The third-order valence-corrected chi connectivity index (χ3v) is 7.35. The predicted molar refractivity (Wildman–Crippen MR) is 155 cm³/mol. The lowest BCUT2D eigenvalue weighted by Crippen LogP contribution is -2.47. The van der Waals surface area contributed by atoms with E-state index in [-0.39, 0.29) is 30.3 Å². The minimum absolute atomic E-state index is 0.0864. The number of amides is 3. The van der Waals surface area contributed by atoms with E-state index in [0.717, 1.165) is 48.7 Å². The molecule has 5 rings (SSSR count). The van der Waals surface area contributed by atoms with Gasteiger partial charge in [0.15, 0.2) is 0 Å². The topological polar surface area (TPSA) is 109 Å². The monoisotopic (exact) mass is 538 g/mol. The van der Waals surface area contributed by atoms with Gasteiger partial charge in [-0.15, -0.1) is 5.10 Å². The molecule has 1 unspecified atom stereocenters. The van der Waals surface area contributed by atoms with Gasteiger partial charge in [0, 0.05) is 24.3 Å². The van der Waals surface area contributed by atoms with E-state index in [2.05, 4.69) is 27.9 Å². The summed E-state index contributed by atoms with van der Waals surface area (Å²) < 4.78 is 1.56. The highest BCUT2D eigenvalue weighted by Crippen LogP contribution is 2.31. The number of anilines is 2. The lowest BCUT2D eigenvalue weighted by molar-refractivity contribution is -0.127. The van der Waals surface area contributed by atoms with E-state index in [4.69, 9.17) is 0 Å². The maximum atomic E-state index is 14.2. The Bertz CT molecular complexity index is 1490. The molecule has 4 aromatic rings. The molecule has 1 aliphatic carbocycles. The van der Waals surface area contributed by atoms with Crippen LogP contribution in [0.5, 0.6) is 0 Å². The van der Waals surface area contributed by atoms with Crippen LogP contribution in [0.1, 0.15) is 56.7 Å². The van der Waals surface area contributed by atoms with E-state index in [0.29, 0.717) is 16.9 Å². The lowest BCUT2D eigenvalue weighted by Gasteiger charge is -2.32. The van der Waals surface area contributed by atoms with Crippen LogP contribution in [0.15, 0.2) is 72.8 Å². The van der Waals surface area contributed by atoms with Crippen LogP contribution in [-0.4, -0.2) is 38.8 Å². The number of carbonyl (C=O) groups excluding carboxylic acids is 3. The van der Waals surface area contributed by atoms with Gasteiger partial charge in [-0.05, 0) is 66.8 Å². The molecule has 206 valence electrons. The van der Waals surface area contributed by atoms with E-state index in [1.807, 2.05) is 48.5 Å². The Labute approximate surface area is 233 Å². The van der Waals surface area contributed by atoms with Gasteiger partial charge in [-0.3, -0.25) is 19.3 Å². The van der Waals surface area contributed by atoms with E-state index in [1.54, 1.807) is 33.8 Å². The number of hydrogen-bond donors (Lipinski definition) is 2. The van der Waals surface area contributed by atoms with Crippen LogP contribution in [0.4, 0.5) is 11.4 Å². The summed E-state index contributed by atoms with van der Waals surface area (Å²) in [6, 6.07) is 21.4. The highest BCUT2D eigenvalue weighted by Gasteiger charge is 2.34. The van der Waals surface area contributed by atoms with Crippen molar-refractivity contribution in [2.24, 2.45) is 0 Å². The van der Waals surface area contributed by atoms with Gasteiger partial charge in [-0.25, -0.2) is 4.68 Å². The zero-order chi connectivity index (χ0) is 28.1. The molecular weight excluding hydrogens is 504 g/mol. The molecule has 1 heterocycles. The minimum Gasteiger partial charge on any atom is -0.351 e. The second-order valence-corrected chi connectivity index (χ2v) is 10.2. The molecule has 2 N–H and O–H groups in total. The fourth-order valence-corrected chi connectivity index (χ4v) is 5.29. The Balaban J connectivity index is 1.56. The van der Waals surface area contributed by atoms with Crippen LogP contribution < -0.4 is 15.5 Å². The van der Waals surface area contributed by atoms with E-state index in [1.165, 1.54) is 6.92 Å². The van der Waals surface area contributed by atoms with Gasteiger partial charge in [0.1, 0.15) is 18.1 Å². The predicted octanol–water partition coefficient (Wildman–Crippen LogP) is 4.79. The first-order chi connectivity index (χ1) is 19.4. The molecule has 1 aromatic heterocycles. The number of aromatic nitrogens is 3. The van der Waals surface area contributed by atoms with Gasteiger partial charge in [0.2, 0.25) is 17.7 Å². The van der Waals surface area contributed by atoms with Crippen LogP contribution >= 0.6 is 0 Å². The van der Waals surface area contributed by atoms with Crippen molar-refractivity contribution in [3.8, 4) is 0 Å². The number of hydrogen-bond acceptors (Lipinski definition) is 5. The molecule has 0 radical (unpaired) electrons. The number of rotatable bonds is 9. The third-order valence-electron chi connectivity index (χ3n) is 7.35. The first kappa shape index (κ1) is 27.1. The van der Waals surface area contributed by atoms with Crippen molar-refractivity contribution in [3.05, 3.63) is 83.9 Å². The van der Waals surface area contributed by atoms with Crippen LogP contribution in [0.3, 0.4) is 0 Å². The summed E-state index contributed by atoms with van der Waals surface area (Å²) >= 11 is 0. The smallest absolute Gasteiger partial charge is 0.249 e. The average molecular weight is 539 g/mol. The van der Waals surface area contributed by atoms with Crippen molar-refractivity contribution >= 4 is 40.1 Å². The van der Waals surface area contributed by atoms with Crippen LogP contribution in [-0.2, 0) is 27.3 Å². The maximum absolute atomic E-state index is 14.2. The molecule has 9 heteroatoms. The highest BCUT2D eigenvalue weighted by atomic mass is 16.2. The molecule has 3 amide bonds. The summed E-state index contributed by atoms with van der Waals surface area (Å²) in [4.78, 5) is 41.3. The molecule has 0 saturated heterocycles. The van der Waals surface area contributed by atoms with Gasteiger partial charge in [0.05, 0.1) is 5.52 Å². The molecule has 0 aliphatic heterocycles. The molecule has 1 saturated carbocycles. The van der Waals surface area contributed by atoms with Crippen molar-refractivity contribution in [1.82, 2.24) is 20.3 Å². The second-order valence-electron chi connectivity index (χ2n) is 10.2. The van der Waals surface area contributed by atoms with Crippen LogP contribution in [0, 0.1) is 0 Å². The molecular formula is C31H34N6O3. The van der Waals surface area contributed by atoms with E-state index in [9.17, 15) is 14.4 Å². The number of nitrogens with zero attached hydrogens (tertiary/aromatic N) is 4. The number of para-hydroxylation sites is 1. The van der Waals surface area contributed by atoms with Gasteiger partial charge < -0.3 is 10.6 Å². The number of carbonyl (C=O) groups is 3. The molecule has 0 bridgehead atoms. The largest absolute Gasteiger partial charge is 0.351 e. The lowest BCUT2D eigenvalue weighted by atomic mass is 10.00. The Morgan fingerprint density at radius 3 is 2.35 bits per heavy atom. The van der Waals surface area contributed by atoms with Crippen LogP contribution in [0.25, 0.3) is 11.0 Å². The Kier molecular flexibility index (Phi) is 8.19. The summed E-state index contributed by atoms with van der Waals surface area (Å²) in [7, 11) is 0. The standard InChI is InChI=1S/C31H34N6O3/c1-3-22-12-14-23(15-13-22)30(31(40)33-24-8-4-5-9-24)37(26-18-16-25(17-19-26)32-21(2)38)29(39)20-36-28-11-7-6-10-27(28)34-35-36/h6-7,10-19,24,30H,3-5,8-9,20H2,1-2H3,(H,32,38)(H,33,40). The highest BCUT2D eigenvalue weighted by molar-refractivity contribution is 6.02. The van der Waals surface area contributed by atoms with Crippen molar-refractivity contribution in [1.29, 1.82) is 0 Å². The van der Waals surface area contributed by atoms with Gasteiger partial charge >= 0.3 is 0 Å². The normalized spacial score (nSPS) is 14.2. The molecule has 0 spiro atoms. The molecule has 3 aromatic carbocycles. The van der Waals surface area contributed by atoms with Gasteiger partial charge in [-0.1, -0.05) is 61.4 Å². The first-order valence-corrected chi connectivity index (χ1v) is 13.8. The number of aryl methyl sites for hydroxylation is 1. The SMILES string of the molecule is CCc1ccc(C(C(=O)NC2CCCC2)N(C(=O)Cn2nnc3ccccc32)c2ccc(NC(C)=O)cc2)cc1. The van der Waals surface area contributed by atoms with E-state index < -0.39 is 6.04 Å². The van der Waals surface area contributed by atoms with Crippen LogP contribution in [0.2, 0.25) is 0 Å². The number of nitrogens with one attached hydrogen (secondary N) is 2. The van der Waals surface area contributed by atoms with E-state index >= 15 is 0 Å². The Morgan fingerprint density at radius 2 is 1.68 bits per heavy atom. The van der Waals surface area contributed by atoms with Gasteiger partial charge in [-0.2, -0.15) is 0 Å². The molecule has 40 heavy (non-hydrogen) atoms. The Morgan fingerprint density at radius 1 is 0.975 bits per heavy atom. The summed E-state index contributed by atoms with van der Waals surface area (Å²) in [6.45, 7) is 3.41. The number of benzene rings is 3. The van der Waals surface area contributed by atoms with Crippen molar-refractivity contribution in [3.63, 3.8) is 0 Å². The summed E-state index contributed by atoms with van der Waals surface area (Å²) in [6.07, 6.45) is 4.88. The molecule has 1 atom stereocenters. The summed E-state index contributed by atoms with van der Waals surface area (Å²) in [5, 5.41) is 14.4. The molecule has 9 nitrogen and oxygen atoms in total.